The van der Waals surface area contributed by atoms with Crippen LogP contribution in [0.3, 0.4) is 0 Å². The van der Waals surface area contributed by atoms with Crippen molar-refractivity contribution in [1.29, 1.82) is 0 Å². The summed E-state index contributed by atoms with van der Waals surface area (Å²) in [6.07, 6.45) is 0. The van der Waals surface area contributed by atoms with Gasteiger partial charge in [-0.3, -0.25) is 9.59 Å². The number of hydrogen-bond acceptors (Lipinski definition) is 3. The van der Waals surface area contributed by atoms with Crippen molar-refractivity contribution >= 4 is 11.7 Å². The Morgan fingerprint density at radius 3 is 2.30 bits per heavy atom. The SMILES string of the molecule is CC(=O)c1cccc(F)c1Oc1ccc(C(N)=O)cc1. The average Bonchev–Trinajstić information content (AvgIpc) is 2.41. The Bertz CT molecular complexity index is 665. The van der Waals surface area contributed by atoms with E-state index in [1.54, 1.807) is 0 Å². The van der Waals surface area contributed by atoms with Crippen molar-refractivity contribution in [3.05, 3.63) is 59.4 Å². The lowest BCUT2D eigenvalue weighted by molar-refractivity contribution is 0.0996. The Hall–Kier alpha value is -2.69. The number of Topliss-reactive ketones (excluding diaryl/α,β-unsaturated/α-hetero) is 1. The fourth-order valence-electron chi connectivity index (χ4n) is 1.69. The van der Waals surface area contributed by atoms with Gasteiger partial charge < -0.3 is 10.5 Å². The van der Waals surface area contributed by atoms with Crippen LogP contribution >= 0.6 is 0 Å². The lowest BCUT2D eigenvalue weighted by Crippen LogP contribution is -2.10. The van der Waals surface area contributed by atoms with Gasteiger partial charge in [-0.2, -0.15) is 0 Å². The molecule has 20 heavy (non-hydrogen) atoms. The van der Waals surface area contributed by atoms with Crippen molar-refractivity contribution in [2.75, 3.05) is 0 Å². The minimum Gasteiger partial charge on any atom is -0.454 e. The quantitative estimate of drug-likeness (QED) is 0.871. The first-order valence-electron chi connectivity index (χ1n) is 5.86. The van der Waals surface area contributed by atoms with Gasteiger partial charge >= 0.3 is 0 Å². The summed E-state index contributed by atoms with van der Waals surface area (Å²) >= 11 is 0. The summed E-state index contributed by atoms with van der Waals surface area (Å²) in [5, 5.41) is 0. The standard InChI is InChI=1S/C15H12FNO3/c1-9(18)12-3-2-4-13(16)14(12)20-11-7-5-10(6-8-11)15(17)19/h2-8H,1H3,(H2,17,19). The van der Waals surface area contributed by atoms with Crippen LogP contribution in [0.15, 0.2) is 42.5 Å². The van der Waals surface area contributed by atoms with Crippen molar-refractivity contribution in [1.82, 2.24) is 0 Å². The maximum Gasteiger partial charge on any atom is 0.248 e. The molecule has 2 aromatic rings. The Balaban J connectivity index is 2.34. The predicted octanol–water partition coefficient (Wildman–Crippen LogP) is 2.92. The van der Waals surface area contributed by atoms with Crippen LogP contribution in [0.5, 0.6) is 11.5 Å². The summed E-state index contributed by atoms with van der Waals surface area (Å²) in [7, 11) is 0. The third-order valence-corrected chi connectivity index (χ3v) is 2.71. The van der Waals surface area contributed by atoms with Crippen molar-refractivity contribution in [3.8, 4) is 11.5 Å². The number of rotatable bonds is 4. The second kappa shape index (κ2) is 5.52. The minimum atomic E-state index is -0.628. The van der Waals surface area contributed by atoms with E-state index in [9.17, 15) is 14.0 Å². The molecule has 2 rings (SSSR count). The molecule has 0 saturated heterocycles. The van der Waals surface area contributed by atoms with Gasteiger partial charge in [-0.05, 0) is 43.3 Å². The second-order valence-electron chi connectivity index (χ2n) is 4.16. The van der Waals surface area contributed by atoms with E-state index in [0.717, 1.165) is 0 Å². The summed E-state index contributed by atoms with van der Waals surface area (Å²) in [6.45, 7) is 1.33. The average molecular weight is 273 g/mol. The molecule has 0 aliphatic carbocycles. The monoisotopic (exact) mass is 273 g/mol. The fraction of sp³-hybridized carbons (Fsp3) is 0.0667. The highest BCUT2D eigenvalue weighted by molar-refractivity contribution is 5.97. The van der Waals surface area contributed by atoms with E-state index in [4.69, 9.17) is 10.5 Å². The maximum absolute atomic E-state index is 13.8. The molecule has 0 fully saturated rings. The van der Waals surface area contributed by atoms with Gasteiger partial charge in [0.2, 0.25) is 5.91 Å². The highest BCUT2D eigenvalue weighted by Gasteiger charge is 2.14. The third-order valence-electron chi connectivity index (χ3n) is 2.71. The van der Waals surface area contributed by atoms with Gasteiger partial charge in [0, 0.05) is 5.56 Å². The second-order valence-corrected chi connectivity index (χ2v) is 4.16. The molecule has 5 heteroatoms. The summed E-state index contributed by atoms with van der Waals surface area (Å²) in [5.41, 5.74) is 5.59. The number of amides is 1. The highest BCUT2D eigenvalue weighted by atomic mass is 19.1. The van der Waals surface area contributed by atoms with E-state index in [1.165, 1.54) is 49.4 Å². The van der Waals surface area contributed by atoms with Gasteiger partial charge in [-0.25, -0.2) is 4.39 Å². The third kappa shape index (κ3) is 2.83. The fourth-order valence-corrected chi connectivity index (χ4v) is 1.69. The van der Waals surface area contributed by atoms with E-state index >= 15 is 0 Å². The summed E-state index contributed by atoms with van der Waals surface area (Å²) in [6, 6.07) is 10.0. The number of ketones is 1. The largest absolute Gasteiger partial charge is 0.454 e. The number of primary amides is 1. The number of halogens is 1. The van der Waals surface area contributed by atoms with Crippen LogP contribution in [0.1, 0.15) is 27.6 Å². The molecule has 4 nitrogen and oxygen atoms in total. The molecule has 0 aliphatic rings. The normalized spacial score (nSPS) is 10.1. The molecule has 0 saturated carbocycles. The van der Waals surface area contributed by atoms with Crippen LogP contribution in [0.25, 0.3) is 0 Å². The van der Waals surface area contributed by atoms with Crippen LogP contribution < -0.4 is 10.5 Å². The van der Waals surface area contributed by atoms with Crippen molar-refractivity contribution < 1.29 is 18.7 Å². The molecule has 0 aromatic heterocycles. The number of carbonyl (C=O) groups is 2. The first-order valence-corrected chi connectivity index (χ1v) is 5.86. The number of para-hydroxylation sites is 1. The number of nitrogens with two attached hydrogens (primary N) is 1. The molecule has 0 heterocycles. The summed E-state index contributed by atoms with van der Waals surface area (Å²) < 4.78 is 19.1. The molecule has 0 radical (unpaired) electrons. The topological polar surface area (TPSA) is 69.4 Å². The Labute approximate surface area is 115 Å². The molecule has 0 aliphatic heterocycles. The predicted molar refractivity (Wildman–Crippen MR) is 71.4 cm³/mol. The zero-order valence-corrected chi connectivity index (χ0v) is 10.7. The van der Waals surface area contributed by atoms with Gasteiger partial charge in [0.1, 0.15) is 5.75 Å². The van der Waals surface area contributed by atoms with Crippen molar-refractivity contribution in [2.24, 2.45) is 5.73 Å². The van der Waals surface area contributed by atoms with Crippen molar-refractivity contribution in [2.45, 2.75) is 6.92 Å². The van der Waals surface area contributed by atoms with Crippen LogP contribution in [0.2, 0.25) is 0 Å². The van der Waals surface area contributed by atoms with Crippen LogP contribution in [0, 0.1) is 5.82 Å². The van der Waals surface area contributed by atoms with Gasteiger partial charge in [0.05, 0.1) is 5.56 Å². The van der Waals surface area contributed by atoms with Crippen LogP contribution in [-0.2, 0) is 0 Å². The van der Waals surface area contributed by atoms with Gasteiger partial charge in [-0.1, -0.05) is 6.07 Å². The zero-order chi connectivity index (χ0) is 14.7. The molecule has 2 aromatic carbocycles. The van der Waals surface area contributed by atoms with E-state index < -0.39 is 11.7 Å². The van der Waals surface area contributed by atoms with Gasteiger partial charge in [0.25, 0.3) is 0 Å². The Morgan fingerprint density at radius 2 is 1.75 bits per heavy atom. The molecule has 0 bridgehead atoms. The lowest BCUT2D eigenvalue weighted by Gasteiger charge is -2.10. The zero-order valence-electron chi connectivity index (χ0n) is 10.7. The Morgan fingerprint density at radius 1 is 1.10 bits per heavy atom. The molecular formula is C15H12FNO3. The number of carbonyl (C=O) groups excluding carboxylic acids is 2. The summed E-state index contributed by atoms with van der Waals surface area (Å²) in [4.78, 5) is 22.4. The first kappa shape index (κ1) is 13.7. The smallest absolute Gasteiger partial charge is 0.248 e. The summed E-state index contributed by atoms with van der Waals surface area (Å²) in [5.74, 6) is -1.31. The van der Waals surface area contributed by atoms with Gasteiger partial charge in [0.15, 0.2) is 17.3 Å². The molecule has 2 N–H and O–H groups in total. The molecule has 1 amide bonds. The molecular weight excluding hydrogens is 261 g/mol. The van der Waals surface area contributed by atoms with Crippen LogP contribution in [0.4, 0.5) is 4.39 Å². The van der Waals surface area contributed by atoms with E-state index in [1.807, 2.05) is 0 Å². The van der Waals surface area contributed by atoms with E-state index in [2.05, 4.69) is 0 Å². The first-order chi connectivity index (χ1) is 9.49. The number of hydrogen-bond donors (Lipinski definition) is 1. The number of ether oxygens (including phenoxy) is 1. The maximum atomic E-state index is 13.8. The lowest BCUT2D eigenvalue weighted by atomic mass is 10.1. The van der Waals surface area contributed by atoms with Gasteiger partial charge in [-0.15, -0.1) is 0 Å². The molecule has 0 spiro atoms. The van der Waals surface area contributed by atoms with Crippen LogP contribution in [-0.4, -0.2) is 11.7 Å². The number of benzene rings is 2. The molecule has 0 unspecified atom stereocenters. The van der Waals surface area contributed by atoms with E-state index in [0.29, 0.717) is 11.3 Å². The van der Waals surface area contributed by atoms with Crippen molar-refractivity contribution in [3.63, 3.8) is 0 Å². The Kier molecular flexibility index (Phi) is 3.79. The molecule has 0 atom stereocenters. The molecule has 102 valence electrons. The van der Waals surface area contributed by atoms with E-state index in [-0.39, 0.29) is 17.1 Å². The minimum absolute atomic E-state index is 0.133. The highest BCUT2D eigenvalue weighted by Crippen LogP contribution is 2.28.